The summed E-state index contributed by atoms with van der Waals surface area (Å²) in [6.07, 6.45) is -0.157. The fourth-order valence-electron chi connectivity index (χ4n) is 2.26. The van der Waals surface area contributed by atoms with Crippen molar-refractivity contribution in [1.29, 1.82) is 0 Å². The van der Waals surface area contributed by atoms with Crippen LogP contribution in [0.3, 0.4) is 0 Å². The summed E-state index contributed by atoms with van der Waals surface area (Å²) >= 11 is 6.94. The molecule has 23 heavy (non-hydrogen) atoms. The fraction of sp³-hybridized carbons (Fsp3) is 0.214. The quantitative estimate of drug-likeness (QED) is 0.852. The van der Waals surface area contributed by atoms with Gasteiger partial charge in [0.05, 0.1) is 6.54 Å². The number of primary sulfonamides is 1. The van der Waals surface area contributed by atoms with Gasteiger partial charge in [-0.1, -0.05) is 11.6 Å². The van der Waals surface area contributed by atoms with Crippen LogP contribution < -0.4 is 15.2 Å². The van der Waals surface area contributed by atoms with Crippen LogP contribution in [-0.4, -0.2) is 20.4 Å². The molecule has 0 fully saturated rings. The minimum Gasteiger partial charge on any atom is -0.480 e. The van der Waals surface area contributed by atoms with Gasteiger partial charge < -0.3 is 10.1 Å². The Balaban J connectivity index is 1.60. The SMILES string of the molecule is NS(=O)(=O)c1ccc(CNC(=O)[C@H]2Cc3cc(Cl)ccc3O2)s1. The lowest BCUT2D eigenvalue weighted by molar-refractivity contribution is -0.127. The minimum atomic E-state index is -3.71. The predicted molar refractivity (Wildman–Crippen MR) is 87.1 cm³/mol. The van der Waals surface area contributed by atoms with E-state index in [0.29, 0.717) is 22.1 Å². The lowest BCUT2D eigenvalue weighted by Gasteiger charge is -2.10. The first-order valence-electron chi connectivity index (χ1n) is 6.67. The number of hydrogen-bond acceptors (Lipinski definition) is 5. The highest BCUT2D eigenvalue weighted by Crippen LogP contribution is 2.31. The molecule has 0 bridgehead atoms. The van der Waals surface area contributed by atoms with E-state index in [-0.39, 0.29) is 16.7 Å². The normalized spacial score (nSPS) is 16.7. The third kappa shape index (κ3) is 3.66. The van der Waals surface area contributed by atoms with E-state index in [0.717, 1.165) is 16.9 Å². The number of fused-ring (bicyclic) bond motifs is 1. The number of carbonyl (C=O) groups is 1. The highest BCUT2D eigenvalue weighted by atomic mass is 35.5. The first-order valence-corrected chi connectivity index (χ1v) is 9.41. The van der Waals surface area contributed by atoms with Crippen molar-refractivity contribution in [2.45, 2.75) is 23.3 Å². The Labute approximate surface area is 142 Å². The van der Waals surface area contributed by atoms with Crippen LogP contribution in [0.1, 0.15) is 10.4 Å². The van der Waals surface area contributed by atoms with E-state index in [9.17, 15) is 13.2 Å². The molecule has 0 saturated carbocycles. The van der Waals surface area contributed by atoms with Crippen molar-refractivity contribution in [2.24, 2.45) is 5.14 Å². The van der Waals surface area contributed by atoms with E-state index in [2.05, 4.69) is 5.32 Å². The van der Waals surface area contributed by atoms with Gasteiger partial charge in [0.1, 0.15) is 9.96 Å². The van der Waals surface area contributed by atoms with Gasteiger partial charge in [-0.2, -0.15) is 0 Å². The van der Waals surface area contributed by atoms with E-state index in [4.69, 9.17) is 21.5 Å². The highest BCUT2D eigenvalue weighted by Gasteiger charge is 2.29. The molecule has 0 saturated heterocycles. The second kappa shape index (κ2) is 6.12. The molecule has 6 nitrogen and oxygen atoms in total. The zero-order valence-corrected chi connectivity index (χ0v) is 14.2. The van der Waals surface area contributed by atoms with Gasteiger partial charge in [0.15, 0.2) is 6.10 Å². The Morgan fingerprint density at radius 3 is 2.87 bits per heavy atom. The molecule has 2 heterocycles. The molecule has 0 radical (unpaired) electrons. The van der Waals surface area contributed by atoms with E-state index in [1.165, 1.54) is 6.07 Å². The molecule has 9 heteroatoms. The summed E-state index contributed by atoms with van der Waals surface area (Å²) in [7, 11) is -3.71. The summed E-state index contributed by atoms with van der Waals surface area (Å²) in [6, 6.07) is 8.27. The van der Waals surface area contributed by atoms with Crippen LogP contribution in [0.15, 0.2) is 34.5 Å². The molecule has 1 aliphatic rings. The first-order chi connectivity index (χ1) is 10.8. The summed E-state index contributed by atoms with van der Waals surface area (Å²) in [5, 5.41) is 8.38. The largest absolute Gasteiger partial charge is 0.480 e. The van der Waals surface area contributed by atoms with E-state index in [1.54, 1.807) is 24.3 Å². The van der Waals surface area contributed by atoms with Gasteiger partial charge in [0.2, 0.25) is 10.0 Å². The summed E-state index contributed by atoms with van der Waals surface area (Å²) in [6.45, 7) is 0.218. The maximum absolute atomic E-state index is 12.2. The molecular weight excluding hydrogens is 360 g/mol. The molecule has 1 aromatic carbocycles. The van der Waals surface area contributed by atoms with E-state index >= 15 is 0 Å². The Morgan fingerprint density at radius 1 is 1.39 bits per heavy atom. The van der Waals surface area contributed by atoms with Crippen molar-refractivity contribution in [3.63, 3.8) is 0 Å². The van der Waals surface area contributed by atoms with Crippen LogP contribution in [0.4, 0.5) is 0 Å². The summed E-state index contributed by atoms with van der Waals surface area (Å²) < 4.78 is 28.1. The van der Waals surface area contributed by atoms with Crippen molar-refractivity contribution in [3.05, 3.63) is 45.8 Å². The second-order valence-electron chi connectivity index (χ2n) is 5.05. The van der Waals surface area contributed by atoms with Crippen LogP contribution in [0.2, 0.25) is 5.02 Å². The number of nitrogens with two attached hydrogens (primary N) is 1. The van der Waals surface area contributed by atoms with Crippen LogP contribution in [0.5, 0.6) is 5.75 Å². The van der Waals surface area contributed by atoms with Crippen LogP contribution in [-0.2, 0) is 27.8 Å². The number of sulfonamides is 1. The molecule has 122 valence electrons. The lowest BCUT2D eigenvalue weighted by atomic mass is 10.1. The van der Waals surface area contributed by atoms with Crippen molar-refractivity contribution < 1.29 is 17.9 Å². The van der Waals surface area contributed by atoms with Crippen LogP contribution >= 0.6 is 22.9 Å². The van der Waals surface area contributed by atoms with Crippen molar-refractivity contribution in [2.75, 3.05) is 0 Å². The average Bonchev–Trinajstić information content (AvgIpc) is 3.10. The average molecular weight is 373 g/mol. The maximum atomic E-state index is 12.2. The standard InChI is InChI=1S/C14H13ClN2O4S2/c15-9-1-3-11-8(5-9)6-12(21-11)14(18)17-7-10-2-4-13(22-10)23(16,19)20/h1-5,12H,6-7H2,(H,17,18)(H2,16,19,20)/t12-/m1/s1. The number of rotatable bonds is 4. The Morgan fingerprint density at radius 2 is 2.17 bits per heavy atom. The van der Waals surface area contributed by atoms with Crippen molar-refractivity contribution >= 4 is 38.9 Å². The molecule has 1 aromatic heterocycles. The number of nitrogens with one attached hydrogen (secondary N) is 1. The van der Waals surface area contributed by atoms with Crippen molar-refractivity contribution in [1.82, 2.24) is 5.32 Å². The molecule has 1 amide bonds. The summed E-state index contributed by atoms with van der Waals surface area (Å²) in [4.78, 5) is 12.9. The minimum absolute atomic E-state index is 0.0703. The smallest absolute Gasteiger partial charge is 0.261 e. The highest BCUT2D eigenvalue weighted by molar-refractivity contribution is 7.91. The zero-order chi connectivity index (χ0) is 16.6. The first kappa shape index (κ1) is 16.3. The maximum Gasteiger partial charge on any atom is 0.261 e. The molecule has 2 aromatic rings. The molecule has 0 spiro atoms. The number of halogens is 1. The van der Waals surface area contributed by atoms with Crippen LogP contribution in [0.25, 0.3) is 0 Å². The number of amides is 1. The molecule has 1 atom stereocenters. The van der Waals surface area contributed by atoms with Gasteiger partial charge in [0.25, 0.3) is 5.91 Å². The van der Waals surface area contributed by atoms with Gasteiger partial charge in [-0.3, -0.25) is 4.79 Å². The number of benzene rings is 1. The predicted octanol–water partition coefficient (Wildman–Crippen LogP) is 1.67. The lowest BCUT2D eigenvalue weighted by Crippen LogP contribution is -2.36. The Bertz CT molecular complexity index is 863. The third-order valence-corrected chi connectivity index (χ3v) is 6.10. The number of thiophene rings is 1. The van der Waals surface area contributed by atoms with Gasteiger partial charge in [-0.15, -0.1) is 11.3 Å². The molecule has 1 aliphatic heterocycles. The third-order valence-electron chi connectivity index (χ3n) is 3.34. The molecule has 3 rings (SSSR count). The monoisotopic (exact) mass is 372 g/mol. The fourth-order valence-corrected chi connectivity index (χ4v) is 4.17. The van der Waals surface area contributed by atoms with Gasteiger partial charge in [-0.05, 0) is 35.9 Å². The molecule has 0 unspecified atom stereocenters. The zero-order valence-electron chi connectivity index (χ0n) is 11.8. The van der Waals surface area contributed by atoms with Gasteiger partial charge in [0, 0.05) is 16.3 Å². The molecular formula is C14H13ClN2O4S2. The number of ether oxygens (including phenoxy) is 1. The van der Waals surface area contributed by atoms with Crippen molar-refractivity contribution in [3.8, 4) is 5.75 Å². The Kier molecular flexibility index (Phi) is 4.33. The summed E-state index contributed by atoms with van der Waals surface area (Å²) in [5.41, 5.74) is 0.894. The molecule has 0 aliphatic carbocycles. The number of carbonyl (C=O) groups excluding carboxylic acids is 1. The van der Waals surface area contributed by atoms with Gasteiger partial charge >= 0.3 is 0 Å². The second-order valence-corrected chi connectivity index (χ2v) is 8.44. The van der Waals surface area contributed by atoms with Gasteiger partial charge in [-0.25, -0.2) is 13.6 Å². The topological polar surface area (TPSA) is 98.5 Å². The Hall–Kier alpha value is -1.61. The summed E-state index contributed by atoms with van der Waals surface area (Å²) in [5.74, 6) is 0.394. The van der Waals surface area contributed by atoms with E-state index in [1.807, 2.05) is 0 Å². The van der Waals surface area contributed by atoms with Crippen LogP contribution in [0, 0.1) is 0 Å². The number of hydrogen-bond donors (Lipinski definition) is 2. The van der Waals surface area contributed by atoms with E-state index < -0.39 is 16.1 Å². The molecule has 3 N–H and O–H groups in total.